The predicted molar refractivity (Wildman–Crippen MR) is 64.6 cm³/mol. The third-order valence-corrected chi connectivity index (χ3v) is 3.09. The number of H-pyrrole nitrogens is 1. The molecule has 0 saturated heterocycles. The molecule has 0 aliphatic heterocycles. The number of fused-ring (bicyclic) bond motifs is 1. The van der Waals surface area contributed by atoms with E-state index in [4.69, 9.17) is 0 Å². The summed E-state index contributed by atoms with van der Waals surface area (Å²) in [5.74, 6) is -1.38. The molecular formula is C14H10F3N. The summed E-state index contributed by atoms with van der Waals surface area (Å²) < 4.78 is 39.5. The molecule has 4 heteroatoms. The summed E-state index contributed by atoms with van der Waals surface area (Å²) in [6, 6.07) is 3.81. The van der Waals surface area contributed by atoms with Crippen molar-refractivity contribution in [3.8, 4) is 0 Å². The van der Waals surface area contributed by atoms with Gasteiger partial charge in [0.25, 0.3) is 0 Å². The topological polar surface area (TPSA) is 15.8 Å². The number of allylic oxidation sites excluding steroid dienone is 4. The molecule has 0 spiro atoms. The maximum atomic E-state index is 13.5. The third-order valence-electron chi connectivity index (χ3n) is 3.09. The van der Waals surface area contributed by atoms with Crippen LogP contribution in [0.4, 0.5) is 13.2 Å². The Morgan fingerprint density at radius 2 is 1.78 bits per heavy atom. The van der Waals surface area contributed by atoms with E-state index in [9.17, 15) is 13.2 Å². The molecule has 0 radical (unpaired) electrons. The van der Waals surface area contributed by atoms with Gasteiger partial charge in [-0.25, -0.2) is 13.2 Å². The highest BCUT2D eigenvalue weighted by Gasteiger charge is 2.13. The Balaban J connectivity index is 2.12. The van der Waals surface area contributed by atoms with Crippen LogP contribution < -0.4 is 0 Å². The number of benzene rings is 1. The van der Waals surface area contributed by atoms with E-state index < -0.39 is 11.6 Å². The quantitative estimate of drug-likeness (QED) is 0.767. The van der Waals surface area contributed by atoms with E-state index in [0.717, 1.165) is 11.6 Å². The molecule has 3 rings (SSSR count). The van der Waals surface area contributed by atoms with Gasteiger partial charge in [0.2, 0.25) is 0 Å². The van der Waals surface area contributed by atoms with Gasteiger partial charge in [-0.2, -0.15) is 0 Å². The number of hydrogen-bond donors (Lipinski definition) is 1. The van der Waals surface area contributed by atoms with Crippen molar-refractivity contribution in [2.24, 2.45) is 0 Å². The number of hydrogen-bond acceptors (Lipinski definition) is 0. The Morgan fingerprint density at radius 1 is 0.944 bits per heavy atom. The number of halogens is 3. The molecule has 1 heterocycles. The van der Waals surface area contributed by atoms with E-state index in [1.165, 1.54) is 12.1 Å². The van der Waals surface area contributed by atoms with Gasteiger partial charge in [0.15, 0.2) is 0 Å². The Morgan fingerprint density at radius 3 is 2.50 bits per heavy atom. The Hall–Kier alpha value is -1.97. The van der Waals surface area contributed by atoms with Crippen molar-refractivity contribution in [2.75, 3.05) is 0 Å². The summed E-state index contributed by atoms with van der Waals surface area (Å²) >= 11 is 0. The van der Waals surface area contributed by atoms with Crippen LogP contribution in [0.15, 0.2) is 36.2 Å². The van der Waals surface area contributed by atoms with E-state index in [1.807, 2.05) is 0 Å². The van der Waals surface area contributed by atoms with Crippen molar-refractivity contribution in [3.05, 3.63) is 53.5 Å². The Labute approximate surface area is 102 Å². The molecule has 1 aromatic carbocycles. The van der Waals surface area contributed by atoms with Crippen molar-refractivity contribution >= 4 is 16.5 Å². The SMILES string of the molecule is FC1=CC=C(c2cc3cc(F)cc(F)c3[nH]2)CC1. The first-order chi connectivity index (χ1) is 8.63. The summed E-state index contributed by atoms with van der Waals surface area (Å²) in [6.07, 6.45) is 3.97. The van der Waals surface area contributed by atoms with Crippen molar-refractivity contribution < 1.29 is 13.2 Å². The molecule has 1 N–H and O–H groups in total. The van der Waals surface area contributed by atoms with Gasteiger partial charge in [-0.3, -0.25) is 0 Å². The van der Waals surface area contributed by atoms with Crippen molar-refractivity contribution in [2.45, 2.75) is 12.8 Å². The fourth-order valence-electron chi connectivity index (χ4n) is 2.17. The minimum absolute atomic E-state index is 0.160. The zero-order chi connectivity index (χ0) is 12.7. The summed E-state index contributed by atoms with van der Waals surface area (Å²) in [7, 11) is 0. The summed E-state index contributed by atoms with van der Waals surface area (Å²) in [5, 5.41) is 0.485. The highest BCUT2D eigenvalue weighted by molar-refractivity contribution is 5.85. The first-order valence-electron chi connectivity index (χ1n) is 5.67. The Kier molecular flexibility index (Phi) is 2.51. The fourth-order valence-corrected chi connectivity index (χ4v) is 2.17. The van der Waals surface area contributed by atoms with Gasteiger partial charge in [0.1, 0.15) is 17.5 Å². The van der Waals surface area contributed by atoms with Crippen LogP contribution >= 0.6 is 0 Å². The number of nitrogens with one attached hydrogen (secondary N) is 1. The molecule has 1 aromatic heterocycles. The lowest BCUT2D eigenvalue weighted by Crippen LogP contribution is -1.90. The average Bonchev–Trinajstić information content (AvgIpc) is 2.74. The monoisotopic (exact) mass is 249 g/mol. The zero-order valence-corrected chi connectivity index (χ0v) is 9.43. The van der Waals surface area contributed by atoms with Crippen LogP contribution in [-0.2, 0) is 0 Å². The molecule has 0 fully saturated rings. The van der Waals surface area contributed by atoms with Gasteiger partial charge in [0.05, 0.1) is 5.52 Å². The number of aromatic nitrogens is 1. The smallest absolute Gasteiger partial charge is 0.150 e. The van der Waals surface area contributed by atoms with Crippen LogP contribution in [0.3, 0.4) is 0 Å². The molecule has 0 atom stereocenters. The fraction of sp³-hybridized carbons (Fsp3) is 0.143. The van der Waals surface area contributed by atoms with Gasteiger partial charge in [-0.05, 0) is 30.2 Å². The highest BCUT2D eigenvalue weighted by Crippen LogP contribution is 2.30. The van der Waals surface area contributed by atoms with E-state index in [2.05, 4.69) is 4.98 Å². The molecule has 0 amide bonds. The minimum atomic E-state index is -0.616. The normalized spacial score (nSPS) is 15.7. The second kappa shape index (κ2) is 4.05. The first-order valence-corrected chi connectivity index (χ1v) is 5.67. The summed E-state index contributed by atoms with van der Waals surface area (Å²) in [4.78, 5) is 2.91. The molecule has 0 bridgehead atoms. The van der Waals surface area contributed by atoms with Crippen LogP contribution in [0.2, 0.25) is 0 Å². The number of rotatable bonds is 1. The van der Waals surface area contributed by atoms with Crippen LogP contribution in [0, 0.1) is 11.6 Å². The maximum Gasteiger partial charge on any atom is 0.150 e. The molecule has 0 saturated carbocycles. The zero-order valence-electron chi connectivity index (χ0n) is 9.43. The van der Waals surface area contributed by atoms with E-state index in [0.29, 0.717) is 23.9 Å². The number of aromatic amines is 1. The van der Waals surface area contributed by atoms with E-state index in [-0.39, 0.29) is 11.3 Å². The molecular weight excluding hydrogens is 239 g/mol. The average molecular weight is 249 g/mol. The Bertz CT molecular complexity index is 680. The molecule has 1 aliphatic carbocycles. The highest BCUT2D eigenvalue weighted by atomic mass is 19.1. The maximum absolute atomic E-state index is 13.5. The van der Waals surface area contributed by atoms with Crippen molar-refractivity contribution in [3.63, 3.8) is 0 Å². The lowest BCUT2D eigenvalue weighted by molar-refractivity contribution is 0.589. The van der Waals surface area contributed by atoms with Crippen LogP contribution in [0.25, 0.3) is 16.5 Å². The lowest BCUT2D eigenvalue weighted by atomic mass is 10.0. The van der Waals surface area contributed by atoms with Gasteiger partial charge >= 0.3 is 0 Å². The minimum Gasteiger partial charge on any atom is -0.352 e. The molecule has 1 nitrogen and oxygen atoms in total. The van der Waals surface area contributed by atoms with Crippen molar-refractivity contribution in [1.82, 2.24) is 4.98 Å². The molecule has 1 aliphatic rings. The summed E-state index contributed by atoms with van der Waals surface area (Å²) in [5.41, 5.74) is 1.88. The predicted octanol–water partition coefficient (Wildman–Crippen LogP) is 4.48. The molecule has 92 valence electrons. The molecule has 0 unspecified atom stereocenters. The molecule has 18 heavy (non-hydrogen) atoms. The largest absolute Gasteiger partial charge is 0.352 e. The molecule has 2 aromatic rings. The van der Waals surface area contributed by atoms with Gasteiger partial charge in [-0.1, -0.05) is 6.08 Å². The van der Waals surface area contributed by atoms with Gasteiger partial charge in [-0.15, -0.1) is 0 Å². The standard InChI is InChI=1S/C14H10F3N/c15-10-3-1-8(2-4-10)13-6-9-5-11(16)7-12(17)14(9)18-13/h1,3,5-7,18H,2,4H2. The van der Waals surface area contributed by atoms with E-state index >= 15 is 0 Å². The van der Waals surface area contributed by atoms with Crippen LogP contribution in [0.5, 0.6) is 0 Å². The summed E-state index contributed by atoms with van der Waals surface area (Å²) in [6.45, 7) is 0. The second-order valence-corrected chi connectivity index (χ2v) is 4.34. The van der Waals surface area contributed by atoms with Gasteiger partial charge < -0.3 is 4.98 Å². The second-order valence-electron chi connectivity index (χ2n) is 4.34. The lowest BCUT2D eigenvalue weighted by Gasteiger charge is -2.08. The van der Waals surface area contributed by atoms with Gasteiger partial charge in [0, 0.05) is 23.6 Å². The van der Waals surface area contributed by atoms with Crippen LogP contribution in [-0.4, -0.2) is 4.98 Å². The first kappa shape index (κ1) is 11.1. The third kappa shape index (κ3) is 1.83. The van der Waals surface area contributed by atoms with Crippen LogP contribution in [0.1, 0.15) is 18.5 Å². The van der Waals surface area contributed by atoms with Crippen molar-refractivity contribution in [1.29, 1.82) is 0 Å². The van der Waals surface area contributed by atoms with E-state index in [1.54, 1.807) is 12.1 Å².